The maximum Gasteiger partial charge on any atom is 0.254 e. The lowest BCUT2D eigenvalue weighted by Gasteiger charge is -2.02. The first kappa shape index (κ1) is 8.92. The molecule has 0 radical (unpaired) electrons. The first-order chi connectivity index (χ1) is 5.99. The van der Waals surface area contributed by atoms with Gasteiger partial charge in [0.1, 0.15) is 12.3 Å². The van der Waals surface area contributed by atoms with Crippen molar-refractivity contribution in [2.45, 2.75) is 12.3 Å². The number of hydrogen-bond acceptors (Lipinski definition) is 5. The molecular weight excluding hydrogens is 196 g/mol. The van der Waals surface area contributed by atoms with Gasteiger partial charge < -0.3 is 4.74 Å². The van der Waals surface area contributed by atoms with Gasteiger partial charge in [0.15, 0.2) is 0 Å². The molecule has 2 fully saturated rings. The second kappa shape index (κ2) is 2.66. The van der Waals surface area contributed by atoms with Crippen molar-refractivity contribution in [2.75, 3.05) is 19.4 Å². The molecular formula is C6H10N2O4S. The molecule has 2 heterocycles. The predicted molar refractivity (Wildman–Crippen MR) is 43.2 cm³/mol. The standard InChI is InChI=1S/C6H10N2O4S/c1-13(10,11)7-5(9)4-6-8(4)2-3-12-6/h4,6H,2-3H2,1H3,(H,7,9). The topological polar surface area (TPSA) is 75.5 Å². The van der Waals surface area contributed by atoms with Crippen LogP contribution in [0.15, 0.2) is 0 Å². The Balaban J connectivity index is 1.94. The largest absolute Gasteiger partial charge is 0.360 e. The average molecular weight is 206 g/mol. The van der Waals surface area contributed by atoms with E-state index < -0.39 is 22.0 Å². The number of rotatable bonds is 2. The van der Waals surface area contributed by atoms with Gasteiger partial charge in [0.2, 0.25) is 10.0 Å². The SMILES string of the molecule is CS(=O)(=O)NC(=O)C1C2OCCN21. The van der Waals surface area contributed by atoms with E-state index in [2.05, 4.69) is 0 Å². The molecule has 2 saturated heterocycles. The van der Waals surface area contributed by atoms with Crippen molar-refractivity contribution in [3.63, 3.8) is 0 Å². The van der Waals surface area contributed by atoms with E-state index in [9.17, 15) is 13.2 Å². The van der Waals surface area contributed by atoms with Gasteiger partial charge in [-0.15, -0.1) is 0 Å². The second-order valence-corrected chi connectivity index (χ2v) is 4.93. The number of morpholine rings is 1. The number of carbonyl (C=O) groups is 1. The number of fused-ring (bicyclic) bond motifs is 1. The highest BCUT2D eigenvalue weighted by molar-refractivity contribution is 7.89. The highest BCUT2D eigenvalue weighted by atomic mass is 32.2. The molecule has 6 nitrogen and oxygen atoms in total. The zero-order valence-corrected chi connectivity index (χ0v) is 7.87. The number of amides is 1. The van der Waals surface area contributed by atoms with E-state index in [1.54, 1.807) is 4.90 Å². The quantitative estimate of drug-likeness (QED) is 0.534. The van der Waals surface area contributed by atoms with Crippen LogP contribution in [0, 0.1) is 0 Å². The summed E-state index contributed by atoms with van der Waals surface area (Å²) in [5.41, 5.74) is 0. The second-order valence-electron chi connectivity index (χ2n) is 3.18. The maximum atomic E-state index is 11.2. The fraction of sp³-hybridized carbons (Fsp3) is 0.833. The lowest BCUT2D eigenvalue weighted by molar-refractivity contribution is -0.120. The highest BCUT2D eigenvalue weighted by Gasteiger charge is 2.57. The Morgan fingerprint density at radius 3 is 2.77 bits per heavy atom. The summed E-state index contributed by atoms with van der Waals surface area (Å²) in [7, 11) is -3.44. The smallest absolute Gasteiger partial charge is 0.254 e. The normalized spacial score (nSPS) is 36.8. The first-order valence-electron chi connectivity index (χ1n) is 3.88. The number of hydrogen-bond donors (Lipinski definition) is 1. The number of sulfonamides is 1. The summed E-state index contributed by atoms with van der Waals surface area (Å²) < 4.78 is 28.5. The molecule has 0 aromatic carbocycles. The van der Waals surface area contributed by atoms with Crippen LogP contribution in [0.4, 0.5) is 0 Å². The van der Waals surface area contributed by atoms with Crippen molar-refractivity contribution in [3.8, 4) is 0 Å². The lowest BCUT2D eigenvalue weighted by atomic mass is 10.4. The fourth-order valence-electron chi connectivity index (χ4n) is 1.51. The van der Waals surface area contributed by atoms with E-state index in [0.29, 0.717) is 13.2 Å². The zero-order chi connectivity index (χ0) is 9.64. The van der Waals surface area contributed by atoms with Crippen LogP contribution in [-0.2, 0) is 19.6 Å². The summed E-state index contributed by atoms with van der Waals surface area (Å²) in [5.74, 6) is -0.493. The van der Waals surface area contributed by atoms with Crippen LogP contribution in [0.1, 0.15) is 0 Å². The summed E-state index contributed by atoms with van der Waals surface area (Å²) in [6, 6.07) is -0.400. The summed E-state index contributed by atoms with van der Waals surface area (Å²) in [6.07, 6.45) is 0.765. The van der Waals surface area contributed by atoms with Crippen LogP contribution in [0.2, 0.25) is 0 Å². The van der Waals surface area contributed by atoms with Crippen LogP contribution in [-0.4, -0.2) is 50.9 Å². The number of nitrogens with zero attached hydrogens (tertiary/aromatic N) is 1. The molecule has 0 aromatic heterocycles. The molecule has 74 valence electrons. The molecule has 2 aliphatic rings. The van der Waals surface area contributed by atoms with Gasteiger partial charge in [-0.1, -0.05) is 0 Å². The van der Waals surface area contributed by atoms with E-state index >= 15 is 0 Å². The van der Waals surface area contributed by atoms with Crippen molar-refractivity contribution in [2.24, 2.45) is 0 Å². The van der Waals surface area contributed by atoms with Crippen LogP contribution >= 0.6 is 0 Å². The van der Waals surface area contributed by atoms with Crippen LogP contribution in [0.3, 0.4) is 0 Å². The van der Waals surface area contributed by atoms with Gasteiger partial charge in [0.25, 0.3) is 5.91 Å². The monoisotopic (exact) mass is 206 g/mol. The van der Waals surface area contributed by atoms with Gasteiger partial charge in [-0.2, -0.15) is 0 Å². The highest BCUT2D eigenvalue weighted by Crippen LogP contribution is 2.33. The Kier molecular flexibility index (Phi) is 1.83. The van der Waals surface area contributed by atoms with Crippen LogP contribution < -0.4 is 4.72 Å². The Morgan fingerprint density at radius 2 is 2.31 bits per heavy atom. The van der Waals surface area contributed by atoms with Gasteiger partial charge in [-0.3, -0.25) is 14.4 Å². The summed E-state index contributed by atoms with van der Waals surface area (Å²) >= 11 is 0. The third-order valence-electron chi connectivity index (χ3n) is 2.06. The molecule has 0 spiro atoms. The van der Waals surface area contributed by atoms with Gasteiger partial charge in [-0.25, -0.2) is 8.42 Å². The van der Waals surface area contributed by atoms with Gasteiger partial charge in [0, 0.05) is 6.54 Å². The summed E-state index contributed by atoms with van der Waals surface area (Å²) in [6.45, 7) is 1.32. The third kappa shape index (κ3) is 1.67. The Labute approximate surface area is 75.9 Å². The Morgan fingerprint density at radius 1 is 1.62 bits per heavy atom. The molecule has 3 unspecified atom stereocenters. The molecule has 1 N–H and O–H groups in total. The number of nitrogens with one attached hydrogen (secondary N) is 1. The molecule has 0 aromatic rings. The molecule has 0 bridgehead atoms. The van der Waals surface area contributed by atoms with Gasteiger partial charge in [0.05, 0.1) is 12.9 Å². The molecule has 0 aliphatic carbocycles. The number of ether oxygens (including phenoxy) is 1. The minimum Gasteiger partial charge on any atom is -0.360 e. The van der Waals surface area contributed by atoms with Crippen molar-refractivity contribution < 1.29 is 17.9 Å². The van der Waals surface area contributed by atoms with Crippen molar-refractivity contribution >= 4 is 15.9 Å². The molecule has 2 aliphatic heterocycles. The zero-order valence-electron chi connectivity index (χ0n) is 7.06. The molecule has 13 heavy (non-hydrogen) atoms. The van der Waals surface area contributed by atoms with E-state index in [-0.39, 0.29) is 6.23 Å². The van der Waals surface area contributed by atoms with Crippen LogP contribution in [0.25, 0.3) is 0 Å². The summed E-state index contributed by atoms with van der Waals surface area (Å²) in [5, 5.41) is 0. The molecule has 3 atom stereocenters. The van der Waals surface area contributed by atoms with Gasteiger partial charge in [-0.05, 0) is 0 Å². The minimum absolute atomic E-state index is 0.193. The van der Waals surface area contributed by atoms with Gasteiger partial charge >= 0.3 is 0 Å². The average Bonchev–Trinajstić information content (AvgIpc) is 2.44. The maximum absolute atomic E-state index is 11.2. The molecule has 2 rings (SSSR count). The molecule has 7 heteroatoms. The first-order valence-corrected chi connectivity index (χ1v) is 5.77. The Bertz CT molecular complexity index is 329. The van der Waals surface area contributed by atoms with Crippen LogP contribution in [0.5, 0.6) is 0 Å². The molecule has 1 amide bonds. The lowest BCUT2D eigenvalue weighted by Crippen LogP contribution is -2.36. The van der Waals surface area contributed by atoms with E-state index in [1.165, 1.54) is 0 Å². The fourth-order valence-corrected chi connectivity index (χ4v) is 1.99. The Hall–Kier alpha value is -0.660. The van der Waals surface area contributed by atoms with Crippen molar-refractivity contribution in [1.82, 2.24) is 9.62 Å². The molecule has 0 saturated carbocycles. The summed E-state index contributed by atoms with van der Waals surface area (Å²) in [4.78, 5) is 13.0. The predicted octanol–water partition coefficient (Wildman–Crippen LogP) is -1.90. The van der Waals surface area contributed by atoms with E-state index in [1.807, 2.05) is 4.72 Å². The van der Waals surface area contributed by atoms with E-state index in [4.69, 9.17) is 4.74 Å². The minimum atomic E-state index is -3.44. The third-order valence-corrected chi connectivity index (χ3v) is 2.63. The van der Waals surface area contributed by atoms with Crippen molar-refractivity contribution in [1.29, 1.82) is 0 Å². The number of carbonyl (C=O) groups excluding carboxylic acids is 1. The van der Waals surface area contributed by atoms with E-state index in [0.717, 1.165) is 6.26 Å². The van der Waals surface area contributed by atoms with Crippen molar-refractivity contribution in [3.05, 3.63) is 0 Å².